The van der Waals surface area contributed by atoms with Gasteiger partial charge in [-0.05, 0) is 39.7 Å². The molecule has 2 aromatic carbocycles. The number of fused-ring (bicyclic) bond motifs is 1. The Labute approximate surface area is 136 Å². The van der Waals surface area contributed by atoms with Crippen LogP contribution < -0.4 is 4.74 Å². The molecule has 0 spiro atoms. The maximum Gasteiger partial charge on any atom is 0.142 e. The molecule has 2 nitrogen and oxygen atoms in total. The van der Waals surface area contributed by atoms with Crippen LogP contribution in [0.15, 0.2) is 53.1 Å². The minimum Gasteiger partial charge on any atom is -0.456 e. The van der Waals surface area contributed by atoms with Gasteiger partial charge in [-0.15, -0.1) is 11.6 Å². The van der Waals surface area contributed by atoms with E-state index < -0.39 is 0 Å². The monoisotopic (exact) mass is 361 g/mol. The fourth-order valence-electron chi connectivity index (χ4n) is 2.17. The number of halogens is 2. The first-order chi connectivity index (χ1) is 10.2. The van der Waals surface area contributed by atoms with E-state index in [1.54, 1.807) is 6.20 Å². The maximum atomic E-state index is 6.05. The number of hydrogen-bond donors (Lipinski definition) is 0. The van der Waals surface area contributed by atoms with Crippen molar-refractivity contribution in [3.8, 4) is 11.5 Å². The van der Waals surface area contributed by atoms with E-state index >= 15 is 0 Å². The molecule has 0 atom stereocenters. The Kier molecular flexibility index (Phi) is 4.13. The Balaban J connectivity index is 2.06. The van der Waals surface area contributed by atoms with E-state index in [0.717, 1.165) is 32.6 Å². The van der Waals surface area contributed by atoms with E-state index in [2.05, 4.69) is 33.0 Å². The van der Waals surface area contributed by atoms with Crippen LogP contribution in [0.25, 0.3) is 10.8 Å². The predicted molar refractivity (Wildman–Crippen MR) is 90.3 cm³/mol. The fourth-order valence-corrected chi connectivity index (χ4v) is 2.94. The number of aromatic nitrogens is 1. The highest BCUT2D eigenvalue weighted by Gasteiger charge is 2.10. The zero-order chi connectivity index (χ0) is 14.8. The van der Waals surface area contributed by atoms with Crippen molar-refractivity contribution in [2.24, 2.45) is 0 Å². The normalized spacial score (nSPS) is 10.8. The van der Waals surface area contributed by atoms with Crippen LogP contribution in [0.3, 0.4) is 0 Å². The van der Waals surface area contributed by atoms with Gasteiger partial charge < -0.3 is 4.74 Å². The van der Waals surface area contributed by atoms with E-state index in [4.69, 9.17) is 16.3 Å². The van der Waals surface area contributed by atoms with Gasteiger partial charge in [0, 0.05) is 23.5 Å². The molecule has 0 bridgehead atoms. The van der Waals surface area contributed by atoms with Crippen LogP contribution in [0.2, 0.25) is 0 Å². The second kappa shape index (κ2) is 6.04. The topological polar surface area (TPSA) is 22.1 Å². The van der Waals surface area contributed by atoms with E-state index in [1.807, 2.05) is 37.3 Å². The molecule has 1 heterocycles. The molecule has 0 aliphatic rings. The number of alkyl halides is 1. The molecule has 0 saturated heterocycles. The van der Waals surface area contributed by atoms with E-state index in [0.29, 0.717) is 5.88 Å². The lowest BCUT2D eigenvalue weighted by molar-refractivity contribution is 0.475. The van der Waals surface area contributed by atoms with Gasteiger partial charge in [0.1, 0.15) is 11.5 Å². The highest BCUT2D eigenvalue weighted by molar-refractivity contribution is 9.10. The molecule has 21 heavy (non-hydrogen) atoms. The zero-order valence-corrected chi connectivity index (χ0v) is 13.8. The summed E-state index contributed by atoms with van der Waals surface area (Å²) in [6, 6.07) is 14.1. The third kappa shape index (κ3) is 2.89. The van der Waals surface area contributed by atoms with E-state index in [9.17, 15) is 0 Å². The summed E-state index contributed by atoms with van der Waals surface area (Å²) in [5.41, 5.74) is 1.78. The van der Waals surface area contributed by atoms with Gasteiger partial charge in [0.2, 0.25) is 0 Å². The molecule has 1 aromatic heterocycles. The van der Waals surface area contributed by atoms with Crippen molar-refractivity contribution < 1.29 is 4.74 Å². The molecule has 0 fully saturated rings. The first-order valence-electron chi connectivity index (χ1n) is 6.55. The molecule has 106 valence electrons. The standard InChI is InChI=1S/C17H13BrClNO/c1-11-8-16(13(9-19)10-20-11)21-15-7-6-12-4-2-3-5-14(12)17(15)18/h2-8,10H,9H2,1H3. The summed E-state index contributed by atoms with van der Waals surface area (Å²) in [5.74, 6) is 1.88. The number of pyridine rings is 1. The summed E-state index contributed by atoms with van der Waals surface area (Å²) < 4.78 is 6.99. The number of hydrogen-bond acceptors (Lipinski definition) is 2. The molecule has 3 rings (SSSR count). The quantitative estimate of drug-likeness (QED) is 0.546. The minimum atomic E-state index is 0.369. The largest absolute Gasteiger partial charge is 0.456 e. The lowest BCUT2D eigenvalue weighted by Crippen LogP contribution is -1.94. The number of rotatable bonds is 3. The van der Waals surface area contributed by atoms with Crippen molar-refractivity contribution in [2.45, 2.75) is 12.8 Å². The molecular formula is C17H13BrClNO. The Morgan fingerprint density at radius 3 is 2.76 bits per heavy atom. The summed E-state index contributed by atoms with van der Waals surface area (Å²) in [7, 11) is 0. The Morgan fingerprint density at radius 1 is 1.14 bits per heavy atom. The van der Waals surface area contributed by atoms with Crippen LogP contribution in [-0.2, 0) is 5.88 Å². The molecule has 4 heteroatoms. The first-order valence-corrected chi connectivity index (χ1v) is 7.88. The third-order valence-corrected chi connectivity index (χ3v) is 4.38. The highest BCUT2D eigenvalue weighted by Crippen LogP contribution is 2.37. The number of benzene rings is 2. The van der Waals surface area contributed by atoms with E-state index in [-0.39, 0.29) is 0 Å². The molecule has 0 saturated carbocycles. The van der Waals surface area contributed by atoms with Crippen molar-refractivity contribution in [1.82, 2.24) is 4.98 Å². The summed E-state index contributed by atoms with van der Waals surface area (Å²) in [6.07, 6.45) is 1.76. The van der Waals surface area contributed by atoms with Crippen LogP contribution in [0.1, 0.15) is 11.3 Å². The number of aryl methyl sites for hydroxylation is 1. The van der Waals surface area contributed by atoms with Crippen molar-refractivity contribution >= 4 is 38.3 Å². The van der Waals surface area contributed by atoms with Crippen molar-refractivity contribution in [3.63, 3.8) is 0 Å². The summed E-state index contributed by atoms with van der Waals surface area (Å²) >= 11 is 9.58. The van der Waals surface area contributed by atoms with Crippen molar-refractivity contribution in [3.05, 3.63) is 64.4 Å². The summed E-state index contributed by atoms with van der Waals surface area (Å²) in [5, 5.41) is 2.29. The molecular weight excluding hydrogens is 350 g/mol. The average molecular weight is 363 g/mol. The van der Waals surface area contributed by atoms with Crippen LogP contribution in [0, 0.1) is 6.92 Å². The highest BCUT2D eigenvalue weighted by atomic mass is 79.9. The number of ether oxygens (including phenoxy) is 1. The molecule has 0 amide bonds. The summed E-state index contributed by atoms with van der Waals surface area (Å²) in [4.78, 5) is 4.25. The van der Waals surface area contributed by atoms with Gasteiger partial charge >= 0.3 is 0 Å². The fraction of sp³-hybridized carbons (Fsp3) is 0.118. The zero-order valence-electron chi connectivity index (χ0n) is 11.4. The summed E-state index contributed by atoms with van der Waals surface area (Å²) in [6.45, 7) is 1.93. The average Bonchev–Trinajstić information content (AvgIpc) is 2.51. The maximum absolute atomic E-state index is 6.05. The second-order valence-electron chi connectivity index (χ2n) is 4.77. The third-order valence-electron chi connectivity index (χ3n) is 3.27. The van der Waals surface area contributed by atoms with E-state index in [1.165, 1.54) is 5.39 Å². The van der Waals surface area contributed by atoms with Crippen LogP contribution in [0.5, 0.6) is 11.5 Å². The van der Waals surface area contributed by atoms with Gasteiger partial charge in [-0.1, -0.05) is 30.3 Å². The molecule has 0 N–H and O–H groups in total. The Morgan fingerprint density at radius 2 is 1.95 bits per heavy atom. The van der Waals surface area contributed by atoms with Crippen LogP contribution in [0.4, 0.5) is 0 Å². The lowest BCUT2D eigenvalue weighted by atomic mass is 10.1. The molecule has 3 aromatic rings. The van der Waals surface area contributed by atoms with Crippen molar-refractivity contribution in [2.75, 3.05) is 0 Å². The van der Waals surface area contributed by atoms with Gasteiger partial charge in [-0.2, -0.15) is 0 Å². The Hall–Kier alpha value is -1.58. The van der Waals surface area contributed by atoms with Gasteiger partial charge in [0.05, 0.1) is 10.4 Å². The van der Waals surface area contributed by atoms with Crippen LogP contribution >= 0.6 is 27.5 Å². The van der Waals surface area contributed by atoms with Crippen LogP contribution in [-0.4, -0.2) is 4.98 Å². The second-order valence-corrected chi connectivity index (χ2v) is 5.83. The number of nitrogens with zero attached hydrogens (tertiary/aromatic N) is 1. The molecule has 0 aliphatic carbocycles. The van der Waals surface area contributed by atoms with Crippen molar-refractivity contribution in [1.29, 1.82) is 0 Å². The minimum absolute atomic E-state index is 0.369. The SMILES string of the molecule is Cc1cc(Oc2ccc3ccccc3c2Br)c(CCl)cn1. The molecule has 0 unspecified atom stereocenters. The Bertz CT molecular complexity index is 804. The smallest absolute Gasteiger partial charge is 0.142 e. The predicted octanol–water partition coefficient (Wildman–Crippen LogP) is 5.84. The van der Waals surface area contributed by atoms with Gasteiger partial charge in [-0.25, -0.2) is 0 Å². The van der Waals surface area contributed by atoms with Gasteiger partial charge in [0.25, 0.3) is 0 Å². The molecule has 0 aliphatic heterocycles. The lowest BCUT2D eigenvalue weighted by Gasteiger charge is -2.13. The van der Waals surface area contributed by atoms with Gasteiger partial charge in [0.15, 0.2) is 0 Å². The first kappa shape index (κ1) is 14.4. The van der Waals surface area contributed by atoms with Gasteiger partial charge in [-0.3, -0.25) is 4.98 Å². The molecule has 0 radical (unpaired) electrons.